The first-order valence-corrected chi connectivity index (χ1v) is 6.85. The van der Waals surface area contributed by atoms with Gasteiger partial charge in [-0.15, -0.1) is 0 Å². The maximum Gasteiger partial charge on any atom is 0.308 e. The molecular formula is C14H29N3O3. The molecule has 118 valence electrons. The van der Waals surface area contributed by atoms with Crippen LogP contribution >= 0.6 is 0 Å². The number of rotatable bonds is 7. The number of likely N-dealkylation sites (N-methyl/N-ethyl adjacent to an activating group) is 3. The number of hydrogen-bond acceptors (Lipinski definition) is 5. The van der Waals surface area contributed by atoms with Crippen molar-refractivity contribution in [1.29, 1.82) is 0 Å². The fraction of sp³-hybridized carbons (Fsp3) is 0.857. The fourth-order valence-electron chi connectivity index (χ4n) is 1.59. The van der Waals surface area contributed by atoms with Gasteiger partial charge in [-0.2, -0.15) is 0 Å². The van der Waals surface area contributed by atoms with E-state index in [9.17, 15) is 9.59 Å². The van der Waals surface area contributed by atoms with E-state index in [2.05, 4.69) is 5.32 Å². The molecular weight excluding hydrogens is 258 g/mol. The number of nitrogens with zero attached hydrogens (tertiary/aromatic N) is 2. The van der Waals surface area contributed by atoms with Crippen molar-refractivity contribution in [2.75, 3.05) is 41.3 Å². The zero-order valence-corrected chi connectivity index (χ0v) is 13.8. The van der Waals surface area contributed by atoms with E-state index in [4.69, 9.17) is 4.74 Å². The molecule has 1 amide bonds. The molecule has 6 heteroatoms. The lowest BCUT2D eigenvalue weighted by atomic mass is 10.1. The molecule has 0 saturated heterocycles. The van der Waals surface area contributed by atoms with Crippen molar-refractivity contribution in [1.82, 2.24) is 15.1 Å². The Morgan fingerprint density at radius 2 is 1.70 bits per heavy atom. The Morgan fingerprint density at radius 3 is 2.10 bits per heavy atom. The lowest BCUT2D eigenvalue weighted by Crippen LogP contribution is -2.47. The van der Waals surface area contributed by atoms with Gasteiger partial charge in [-0.25, -0.2) is 0 Å². The second-order valence-electron chi connectivity index (χ2n) is 6.19. The molecule has 0 fully saturated rings. The van der Waals surface area contributed by atoms with Crippen molar-refractivity contribution in [2.24, 2.45) is 0 Å². The highest BCUT2D eigenvalue weighted by atomic mass is 16.6. The average molecular weight is 287 g/mol. The van der Waals surface area contributed by atoms with Crippen molar-refractivity contribution in [3.05, 3.63) is 0 Å². The summed E-state index contributed by atoms with van der Waals surface area (Å²) in [5.74, 6) is -0.466. The minimum absolute atomic E-state index is 0.0406. The second kappa shape index (κ2) is 8.21. The highest BCUT2D eigenvalue weighted by Gasteiger charge is 2.26. The lowest BCUT2D eigenvalue weighted by Gasteiger charge is -2.26. The highest BCUT2D eigenvalue weighted by molar-refractivity contribution is 5.86. The molecule has 1 unspecified atom stereocenters. The Kier molecular flexibility index (Phi) is 7.75. The molecule has 0 saturated carbocycles. The molecule has 1 N–H and O–H groups in total. The van der Waals surface area contributed by atoms with Crippen LogP contribution < -0.4 is 5.32 Å². The number of amides is 1. The minimum atomic E-state index is -0.544. The van der Waals surface area contributed by atoms with Crippen LogP contribution in [-0.2, 0) is 14.3 Å². The first-order chi connectivity index (χ1) is 9.06. The van der Waals surface area contributed by atoms with E-state index in [0.29, 0.717) is 6.54 Å². The third kappa shape index (κ3) is 8.12. The average Bonchev–Trinajstić information content (AvgIpc) is 2.29. The molecule has 0 spiro atoms. The Hall–Kier alpha value is -1.14. The summed E-state index contributed by atoms with van der Waals surface area (Å²) >= 11 is 0. The fourth-order valence-corrected chi connectivity index (χ4v) is 1.59. The third-order valence-electron chi connectivity index (χ3n) is 2.70. The topological polar surface area (TPSA) is 61.9 Å². The monoisotopic (exact) mass is 287 g/mol. The summed E-state index contributed by atoms with van der Waals surface area (Å²) in [6.07, 6.45) is 0.0406. The van der Waals surface area contributed by atoms with Crippen molar-refractivity contribution in [3.63, 3.8) is 0 Å². The van der Waals surface area contributed by atoms with Gasteiger partial charge in [0.15, 0.2) is 0 Å². The van der Waals surface area contributed by atoms with Crippen LogP contribution in [0.1, 0.15) is 27.2 Å². The molecule has 0 heterocycles. The van der Waals surface area contributed by atoms with Gasteiger partial charge in [-0.1, -0.05) is 0 Å². The van der Waals surface area contributed by atoms with E-state index in [1.54, 1.807) is 19.0 Å². The van der Waals surface area contributed by atoms with Gasteiger partial charge in [-0.05, 0) is 41.9 Å². The molecule has 0 aliphatic heterocycles. The number of ether oxygens (including phenoxy) is 1. The number of esters is 1. The van der Waals surface area contributed by atoms with E-state index in [1.165, 1.54) is 0 Å². The van der Waals surface area contributed by atoms with Crippen LogP contribution in [0.5, 0.6) is 0 Å². The maximum absolute atomic E-state index is 12.2. The first kappa shape index (κ1) is 18.9. The normalized spacial score (nSPS) is 13.2. The van der Waals surface area contributed by atoms with E-state index in [1.807, 2.05) is 39.8 Å². The van der Waals surface area contributed by atoms with Crippen LogP contribution in [0.15, 0.2) is 0 Å². The Labute approximate surface area is 122 Å². The summed E-state index contributed by atoms with van der Waals surface area (Å²) in [6.45, 7) is 6.84. The summed E-state index contributed by atoms with van der Waals surface area (Å²) in [5.41, 5.74) is -0.532. The molecule has 0 rings (SSSR count). The molecule has 20 heavy (non-hydrogen) atoms. The van der Waals surface area contributed by atoms with E-state index in [-0.39, 0.29) is 18.3 Å². The Balaban J connectivity index is 4.44. The molecule has 0 aliphatic rings. The van der Waals surface area contributed by atoms with Crippen molar-refractivity contribution >= 4 is 11.9 Å². The van der Waals surface area contributed by atoms with Crippen LogP contribution in [0.4, 0.5) is 0 Å². The van der Waals surface area contributed by atoms with Crippen LogP contribution in [0, 0.1) is 0 Å². The molecule has 1 atom stereocenters. The third-order valence-corrected chi connectivity index (χ3v) is 2.70. The predicted octanol–water partition coefficient (Wildman–Crippen LogP) is 0.326. The van der Waals surface area contributed by atoms with Gasteiger partial charge < -0.3 is 19.9 Å². The summed E-state index contributed by atoms with van der Waals surface area (Å²) in [6, 6.07) is -0.544. The molecule has 0 aliphatic carbocycles. The number of hydrogen-bond donors (Lipinski definition) is 1. The quantitative estimate of drug-likeness (QED) is 0.684. The van der Waals surface area contributed by atoms with Crippen LogP contribution in [0.25, 0.3) is 0 Å². The molecule has 0 aromatic heterocycles. The van der Waals surface area contributed by atoms with Gasteiger partial charge in [0, 0.05) is 20.1 Å². The number of carbonyl (C=O) groups excluding carboxylic acids is 2. The van der Waals surface area contributed by atoms with E-state index < -0.39 is 11.6 Å². The maximum atomic E-state index is 12.2. The van der Waals surface area contributed by atoms with Crippen molar-refractivity contribution in [3.8, 4) is 0 Å². The Bertz CT molecular complexity index is 324. The lowest BCUT2D eigenvalue weighted by molar-refractivity contribution is -0.157. The van der Waals surface area contributed by atoms with Crippen molar-refractivity contribution < 1.29 is 14.3 Å². The van der Waals surface area contributed by atoms with Gasteiger partial charge in [0.05, 0.1) is 12.5 Å². The molecule has 0 aromatic carbocycles. The molecule has 0 aromatic rings. The highest BCUT2D eigenvalue weighted by Crippen LogP contribution is 2.10. The standard InChI is InChI=1S/C14H29N3O3/c1-14(2,3)20-12(18)10-11(15-4)13(19)17(7)9-8-16(5)6/h11,15H,8-10H2,1-7H3. The molecule has 0 radical (unpaired) electrons. The summed E-state index contributed by atoms with van der Waals surface area (Å²) in [7, 11) is 7.32. The van der Waals surface area contributed by atoms with Gasteiger partial charge in [0.25, 0.3) is 0 Å². The molecule has 0 bridgehead atoms. The number of nitrogens with one attached hydrogen (secondary N) is 1. The van der Waals surface area contributed by atoms with Gasteiger partial charge >= 0.3 is 5.97 Å². The second-order valence-corrected chi connectivity index (χ2v) is 6.19. The van der Waals surface area contributed by atoms with Crippen LogP contribution in [0.3, 0.4) is 0 Å². The van der Waals surface area contributed by atoms with Crippen molar-refractivity contribution in [2.45, 2.75) is 38.8 Å². The predicted molar refractivity (Wildman–Crippen MR) is 79.5 cm³/mol. The number of carbonyl (C=O) groups is 2. The van der Waals surface area contributed by atoms with Gasteiger partial charge in [0.2, 0.25) is 5.91 Å². The van der Waals surface area contributed by atoms with Gasteiger partial charge in [-0.3, -0.25) is 9.59 Å². The van der Waals surface area contributed by atoms with Crippen LogP contribution in [-0.4, -0.2) is 74.6 Å². The smallest absolute Gasteiger partial charge is 0.308 e. The Morgan fingerprint density at radius 1 is 1.15 bits per heavy atom. The minimum Gasteiger partial charge on any atom is -0.460 e. The summed E-state index contributed by atoms with van der Waals surface area (Å²) in [5, 5.41) is 2.88. The van der Waals surface area contributed by atoms with Crippen LogP contribution in [0.2, 0.25) is 0 Å². The zero-order chi connectivity index (χ0) is 15.9. The molecule has 6 nitrogen and oxygen atoms in total. The van der Waals surface area contributed by atoms with E-state index >= 15 is 0 Å². The summed E-state index contributed by atoms with van der Waals surface area (Å²) < 4.78 is 5.24. The SMILES string of the molecule is CNC(CC(=O)OC(C)(C)C)C(=O)N(C)CCN(C)C. The van der Waals surface area contributed by atoms with E-state index in [0.717, 1.165) is 6.54 Å². The zero-order valence-electron chi connectivity index (χ0n) is 13.8. The summed E-state index contributed by atoms with van der Waals surface area (Å²) in [4.78, 5) is 27.6. The first-order valence-electron chi connectivity index (χ1n) is 6.85. The largest absolute Gasteiger partial charge is 0.460 e. The van der Waals surface area contributed by atoms with Gasteiger partial charge in [0.1, 0.15) is 5.60 Å².